The summed E-state index contributed by atoms with van der Waals surface area (Å²) in [5.74, 6) is -1.35. The highest BCUT2D eigenvalue weighted by Gasteiger charge is 2.53. The summed E-state index contributed by atoms with van der Waals surface area (Å²) >= 11 is 3.26. The third kappa shape index (κ3) is 6.21. The van der Waals surface area contributed by atoms with Crippen molar-refractivity contribution in [2.45, 2.75) is 58.0 Å². The number of alkyl halides is 2. The lowest BCUT2D eigenvalue weighted by Crippen LogP contribution is -2.53. The van der Waals surface area contributed by atoms with Gasteiger partial charge in [0.15, 0.2) is 12.4 Å². The molecule has 1 fully saturated rings. The van der Waals surface area contributed by atoms with Gasteiger partial charge in [-0.3, -0.25) is 9.69 Å². The Balaban J connectivity index is 2.13. The number of benzene rings is 1. The molecule has 1 saturated heterocycles. The van der Waals surface area contributed by atoms with E-state index in [1.165, 1.54) is 6.92 Å². The van der Waals surface area contributed by atoms with E-state index in [0.717, 1.165) is 9.37 Å². The van der Waals surface area contributed by atoms with Crippen LogP contribution < -0.4 is 0 Å². The lowest BCUT2D eigenvalue weighted by atomic mass is 9.98. The maximum atomic E-state index is 12.8. The standard InChI is InChI=1S/C20H24BrF2NO6/c1-19(2,3)30-18(27)24-10-14(29-17(22)23)9-20(24,4)16(26)28-11-15(25)12-5-7-13(21)8-6-12/h5-8,14,17H,9-11H2,1-4H3. The Morgan fingerprint density at radius 2 is 1.83 bits per heavy atom. The van der Waals surface area contributed by atoms with E-state index < -0.39 is 48.3 Å². The van der Waals surface area contributed by atoms with E-state index in [1.54, 1.807) is 45.0 Å². The van der Waals surface area contributed by atoms with E-state index in [4.69, 9.17) is 9.47 Å². The van der Waals surface area contributed by atoms with E-state index in [9.17, 15) is 23.2 Å². The number of likely N-dealkylation sites (tertiary alicyclic amines) is 1. The number of hydrogen-bond donors (Lipinski definition) is 0. The summed E-state index contributed by atoms with van der Waals surface area (Å²) < 4.78 is 41.1. The SMILES string of the molecule is CC(C)(C)OC(=O)N1CC(OC(F)F)CC1(C)C(=O)OCC(=O)c1ccc(Br)cc1. The molecule has 30 heavy (non-hydrogen) atoms. The zero-order valence-corrected chi connectivity index (χ0v) is 18.7. The molecule has 10 heteroatoms. The summed E-state index contributed by atoms with van der Waals surface area (Å²) in [5, 5.41) is 0. The third-order valence-corrected chi connectivity index (χ3v) is 4.99. The van der Waals surface area contributed by atoms with Crippen LogP contribution in [-0.2, 0) is 19.0 Å². The van der Waals surface area contributed by atoms with Gasteiger partial charge in [0.05, 0.1) is 12.6 Å². The van der Waals surface area contributed by atoms with E-state index in [0.29, 0.717) is 5.56 Å². The third-order valence-electron chi connectivity index (χ3n) is 4.46. The number of ether oxygens (including phenoxy) is 3. The molecule has 0 saturated carbocycles. The van der Waals surface area contributed by atoms with E-state index in [2.05, 4.69) is 20.7 Å². The van der Waals surface area contributed by atoms with Gasteiger partial charge in [-0.15, -0.1) is 0 Å². The van der Waals surface area contributed by atoms with Crippen LogP contribution in [-0.4, -0.2) is 59.8 Å². The molecule has 1 amide bonds. The second kappa shape index (κ2) is 9.38. The predicted molar refractivity (Wildman–Crippen MR) is 106 cm³/mol. The largest absolute Gasteiger partial charge is 0.456 e. The summed E-state index contributed by atoms with van der Waals surface area (Å²) in [6.45, 7) is 2.40. The van der Waals surface area contributed by atoms with Gasteiger partial charge in [0.1, 0.15) is 11.1 Å². The smallest absolute Gasteiger partial charge is 0.411 e. The minimum atomic E-state index is -3.06. The summed E-state index contributed by atoms with van der Waals surface area (Å²) in [6, 6.07) is 6.47. The number of ketones is 1. The van der Waals surface area contributed by atoms with Crippen molar-refractivity contribution in [2.24, 2.45) is 0 Å². The number of rotatable bonds is 6. The lowest BCUT2D eigenvalue weighted by Gasteiger charge is -2.33. The molecule has 1 aliphatic heterocycles. The van der Waals surface area contributed by atoms with Gasteiger partial charge in [-0.1, -0.05) is 28.1 Å². The summed E-state index contributed by atoms with van der Waals surface area (Å²) in [4.78, 5) is 38.7. The number of Topliss-reactive ketones (excluding diaryl/α,β-unsaturated/α-hetero) is 1. The van der Waals surface area contributed by atoms with Gasteiger partial charge in [0.25, 0.3) is 0 Å². The van der Waals surface area contributed by atoms with Crippen LogP contribution in [0, 0.1) is 0 Å². The molecule has 0 spiro atoms. The minimum Gasteiger partial charge on any atom is -0.456 e. The van der Waals surface area contributed by atoms with Crippen molar-refractivity contribution in [2.75, 3.05) is 13.2 Å². The summed E-state index contributed by atoms with van der Waals surface area (Å²) in [6.07, 6.45) is -2.17. The quantitative estimate of drug-likeness (QED) is 0.438. The van der Waals surface area contributed by atoms with Gasteiger partial charge < -0.3 is 14.2 Å². The summed E-state index contributed by atoms with van der Waals surface area (Å²) in [5.41, 5.74) is -2.14. The van der Waals surface area contributed by atoms with Crippen molar-refractivity contribution in [3.63, 3.8) is 0 Å². The molecule has 1 aromatic carbocycles. The molecule has 0 radical (unpaired) electrons. The zero-order valence-electron chi connectivity index (χ0n) is 17.1. The minimum absolute atomic E-state index is 0.220. The second-order valence-electron chi connectivity index (χ2n) is 8.09. The molecule has 1 heterocycles. The van der Waals surface area contributed by atoms with Crippen LogP contribution in [0.1, 0.15) is 44.5 Å². The topological polar surface area (TPSA) is 82.1 Å². The maximum Gasteiger partial charge on any atom is 0.411 e. The first-order valence-corrected chi connectivity index (χ1v) is 10.0. The highest BCUT2D eigenvalue weighted by Crippen LogP contribution is 2.34. The number of hydrogen-bond acceptors (Lipinski definition) is 6. The Labute approximate surface area is 181 Å². The van der Waals surface area contributed by atoms with Crippen molar-refractivity contribution < 1.29 is 37.4 Å². The van der Waals surface area contributed by atoms with Gasteiger partial charge in [0, 0.05) is 16.5 Å². The van der Waals surface area contributed by atoms with Crippen molar-refractivity contribution >= 4 is 33.8 Å². The van der Waals surface area contributed by atoms with E-state index >= 15 is 0 Å². The fraction of sp³-hybridized carbons (Fsp3) is 0.550. The molecular formula is C20H24BrF2NO6. The number of carbonyl (C=O) groups excluding carboxylic acids is 3. The normalized spacial score (nSPS) is 21.6. The number of esters is 1. The van der Waals surface area contributed by atoms with Crippen molar-refractivity contribution in [3.8, 4) is 0 Å². The molecule has 0 bridgehead atoms. The number of carbonyl (C=O) groups is 3. The van der Waals surface area contributed by atoms with Crippen molar-refractivity contribution in [1.29, 1.82) is 0 Å². The monoisotopic (exact) mass is 491 g/mol. The average Bonchev–Trinajstić information content (AvgIpc) is 2.95. The van der Waals surface area contributed by atoms with E-state index in [-0.39, 0.29) is 13.0 Å². The average molecular weight is 492 g/mol. The number of amides is 1. The first kappa shape index (κ1) is 24.2. The van der Waals surface area contributed by atoms with Gasteiger partial charge in [-0.25, -0.2) is 9.59 Å². The highest BCUT2D eigenvalue weighted by atomic mass is 79.9. The molecule has 0 aromatic heterocycles. The van der Waals surface area contributed by atoms with Gasteiger partial charge >= 0.3 is 18.7 Å². The number of nitrogens with zero attached hydrogens (tertiary/aromatic N) is 1. The van der Waals surface area contributed by atoms with Crippen LogP contribution in [0.4, 0.5) is 13.6 Å². The Morgan fingerprint density at radius 3 is 2.37 bits per heavy atom. The molecule has 2 atom stereocenters. The Bertz CT molecular complexity index is 795. The van der Waals surface area contributed by atoms with Gasteiger partial charge in [0.2, 0.25) is 0 Å². The van der Waals surface area contributed by atoms with Crippen LogP contribution in [0.2, 0.25) is 0 Å². The molecule has 1 aliphatic rings. The fourth-order valence-corrected chi connectivity index (χ4v) is 3.32. The van der Waals surface area contributed by atoms with Crippen LogP contribution in [0.15, 0.2) is 28.7 Å². The second-order valence-corrected chi connectivity index (χ2v) is 9.01. The van der Waals surface area contributed by atoms with Crippen LogP contribution >= 0.6 is 15.9 Å². The zero-order chi connectivity index (χ0) is 22.7. The van der Waals surface area contributed by atoms with Crippen molar-refractivity contribution in [1.82, 2.24) is 4.90 Å². The Morgan fingerprint density at radius 1 is 1.23 bits per heavy atom. The molecule has 7 nitrogen and oxygen atoms in total. The molecule has 166 valence electrons. The highest BCUT2D eigenvalue weighted by molar-refractivity contribution is 9.10. The van der Waals surface area contributed by atoms with Crippen LogP contribution in [0.25, 0.3) is 0 Å². The Kier molecular flexibility index (Phi) is 7.57. The molecule has 2 unspecified atom stereocenters. The maximum absolute atomic E-state index is 12.8. The molecule has 0 N–H and O–H groups in total. The first-order chi connectivity index (χ1) is 13.8. The molecule has 0 aliphatic carbocycles. The first-order valence-electron chi connectivity index (χ1n) is 9.22. The van der Waals surface area contributed by atoms with Crippen molar-refractivity contribution in [3.05, 3.63) is 34.3 Å². The van der Waals surface area contributed by atoms with Crippen LogP contribution in [0.5, 0.6) is 0 Å². The van der Waals surface area contributed by atoms with Gasteiger partial charge in [-0.2, -0.15) is 8.78 Å². The predicted octanol–water partition coefficient (Wildman–Crippen LogP) is 4.18. The molecule has 1 aromatic rings. The lowest BCUT2D eigenvalue weighted by molar-refractivity contribution is -0.162. The fourth-order valence-electron chi connectivity index (χ4n) is 3.05. The van der Waals surface area contributed by atoms with Crippen LogP contribution in [0.3, 0.4) is 0 Å². The van der Waals surface area contributed by atoms with Gasteiger partial charge in [-0.05, 0) is 39.8 Å². The number of halogens is 3. The van der Waals surface area contributed by atoms with E-state index in [1.807, 2.05) is 0 Å². The Hall–Kier alpha value is -2.07. The molecular weight excluding hydrogens is 468 g/mol. The molecule has 2 rings (SSSR count). The summed E-state index contributed by atoms with van der Waals surface area (Å²) in [7, 11) is 0.